The van der Waals surface area contributed by atoms with Crippen molar-refractivity contribution in [3.8, 4) is 0 Å². The molecule has 0 N–H and O–H groups in total. The summed E-state index contributed by atoms with van der Waals surface area (Å²) in [4.78, 5) is 38.4. The van der Waals surface area contributed by atoms with Gasteiger partial charge >= 0.3 is 5.97 Å². The lowest BCUT2D eigenvalue weighted by Gasteiger charge is -2.16. The highest BCUT2D eigenvalue weighted by molar-refractivity contribution is 6.02. The second kappa shape index (κ2) is 7.83. The van der Waals surface area contributed by atoms with Gasteiger partial charge in [0.05, 0.1) is 11.1 Å². The lowest BCUT2D eigenvalue weighted by molar-refractivity contribution is -0.117. The van der Waals surface area contributed by atoms with E-state index in [4.69, 9.17) is 4.74 Å². The predicted molar refractivity (Wildman–Crippen MR) is 106 cm³/mol. The molecular weight excluding hydrogens is 372 g/mol. The van der Waals surface area contributed by atoms with Gasteiger partial charge in [0.15, 0.2) is 12.4 Å². The molecule has 148 valence electrons. The van der Waals surface area contributed by atoms with Crippen LogP contribution in [0, 0.1) is 0 Å². The van der Waals surface area contributed by atoms with Crippen molar-refractivity contribution >= 4 is 34.4 Å². The minimum absolute atomic E-state index is 0.0522. The van der Waals surface area contributed by atoms with Gasteiger partial charge in [0.25, 0.3) is 0 Å². The lowest BCUT2D eigenvalue weighted by atomic mass is 10.1. The minimum atomic E-state index is -0.600. The zero-order chi connectivity index (χ0) is 20.4. The van der Waals surface area contributed by atoms with Gasteiger partial charge in [-0.15, -0.1) is 5.10 Å². The maximum atomic E-state index is 12.5. The molecule has 29 heavy (non-hydrogen) atoms. The summed E-state index contributed by atoms with van der Waals surface area (Å²) in [7, 11) is 0. The van der Waals surface area contributed by atoms with E-state index in [9.17, 15) is 14.4 Å². The molecular formula is C21H20N4O4. The highest BCUT2D eigenvalue weighted by Gasteiger charge is 2.22. The number of hydrogen-bond acceptors (Lipinski definition) is 6. The number of fused-ring (bicyclic) bond motifs is 1. The molecule has 8 nitrogen and oxygen atoms in total. The number of ether oxygens (including phenoxy) is 1. The van der Waals surface area contributed by atoms with Crippen molar-refractivity contribution in [1.29, 1.82) is 0 Å². The number of carbonyl (C=O) groups excluding carboxylic acids is 3. The zero-order valence-corrected chi connectivity index (χ0v) is 16.0. The van der Waals surface area contributed by atoms with Crippen molar-refractivity contribution in [2.45, 2.75) is 26.3 Å². The van der Waals surface area contributed by atoms with Crippen molar-refractivity contribution in [3.05, 3.63) is 53.6 Å². The van der Waals surface area contributed by atoms with E-state index in [2.05, 4.69) is 10.3 Å². The summed E-state index contributed by atoms with van der Waals surface area (Å²) in [6.45, 7) is 2.90. The molecule has 1 aliphatic heterocycles. The summed E-state index contributed by atoms with van der Waals surface area (Å²) in [5.74, 6) is -0.876. The highest BCUT2D eigenvalue weighted by Crippen LogP contribution is 2.22. The van der Waals surface area contributed by atoms with Gasteiger partial charge in [0, 0.05) is 30.8 Å². The average molecular weight is 392 g/mol. The Balaban J connectivity index is 1.43. The molecule has 2 heterocycles. The topological polar surface area (TPSA) is 94.4 Å². The van der Waals surface area contributed by atoms with Crippen molar-refractivity contribution < 1.29 is 19.1 Å². The van der Waals surface area contributed by atoms with Crippen LogP contribution in [-0.4, -0.2) is 45.8 Å². The third-order valence-corrected chi connectivity index (χ3v) is 4.94. The number of ketones is 1. The Morgan fingerprint density at radius 3 is 2.76 bits per heavy atom. The van der Waals surface area contributed by atoms with Crippen LogP contribution in [-0.2, 0) is 16.1 Å². The molecule has 1 amide bonds. The zero-order valence-electron chi connectivity index (χ0n) is 16.0. The molecule has 0 saturated carbocycles. The normalized spacial score (nSPS) is 13.8. The van der Waals surface area contributed by atoms with Gasteiger partial charge in [0.1, 0.15) is 5.52 Å². The second-order valence-electron chi connectivity index (χ2n) is 6.81. The largest absolute Gasteiger partial charge is 0.454 e. The van der Waals surface area contributed by atoms with Crippen LogP contribution in [0.25, 0.3) is 11.0 Å². The predicted octanol–water partition coefficient (Wildman–Crippen LogP) is 2.62. The van der Waals surface area contributed by atoms with Crippen molar-refractivity contribution in [3.63, 3.8) is 0 Å². The molecule has 0 bridgehead atoms. The molecule has 0 radical (unpaired) electrons. The minimum Gasteiger partial charge on any atom is -0.454 e. The third kappa shape index (κ3) is 3.73. The number of nitrogens with zero attached hydrogens (tertiary/aromatic N) is 4. The quantitative estimate of drug-likeness (QED) is 0.473. The number of amides is 1. The molecule has 0 spiro atoms. The van der Waals surface area contributed by atoms with E-state index in [1.807, 2.05) is 6.92 Å². The summed E-state index contributed by atoms with van der Waals surface area (Å²) < 4.78 is 6.92. The van der Waals surface area contributed by atoms with Crippen LogP contribution in [0.15, 0.2) is 42.5 Å². The first-order chi connectivity index (χ1) is 14.1. The molecule has 2 aromatic carbocycles. The Labute approximate surface area is 167 Å². The Morgan fingerprint density at radius 1 is 1.14 bits per heavy atom. The molecule has 0 aliphatic carbocycles. The van der Waals surface area contributed by atoms with Crippen molar-refractivity contribution in [2.75, 3.05) is 18.1 Å². The summed E-state index contributed by atoms with van der Waals surface area (Å²) in [6, 6.07) is 11.8. The summed E-state index contributed by atoms with van der Waals surface area (Å²) >= 11 is 0. The Bertz CT molecular complexity index is 1110. The summed E-state index contributed by atoms with van der Waals surface area (Å²) in [6.07, 6.45) is 1.33. The Kier molecular flexibility index (Phi) is 5.07. The van der Waals surface area contributed by atoms with Crippen molar-refractivity contribution in [2.24, 2.45) is 0 Å². The van der Waals surface area contributed by atoms with E-state index >= 15 is 0 Å². The molecule has 0 atom stereocenters. The van der Waals surface area contributed by atoms with E-state index in [-0.39, 0.29) is 18.3 Å². The molecule has 1 saturated heterocycles. The van der Waals surface area contributed by atoms with Gasteiger partial charge in [-0.1, -0.05) is 17.3 Å². The van der Waals surface area contributed by atoms with Gasteiger partial charge in [-0.2, -0.15) is 0 Å². The Morgan fingerprint density at radius 2 is 2.00 bits per heavy atom. The average Bonchev–Trinajstić information content (AvgIpc) is 3.37. The fourth-order valence-corrected chi connectivity index (χ4v) is 3.40. The number of carbonyl (C=O) groups is 3. The van der Waals surface area contributed by atoms with Gasteiger partial charge in [0.2, 0.25) is 5.91 Å². The molecule has 4 rings (SSSR count). The van der Waals surface area contributed by atoms with E-state index in [1.54, 1.807) is 52.0 Å². The number of esters is 1. The SMILES string of the molecule is CCn1nnc2cc(C(=O)OCC(=O)c3cccc(N4CCCC4=O)c3)ccc21. The maximum Gasteiger partial charge on any atom is 0.338 e. The molecule has 1 aromatic heterocycles. The van der Waals surface area contributed by atoms with Crippen LogP contribution in [0.3, 0.4) is 0 Å². The molecule has 0 unspecified atom stereocenters. The lowest BCUT2D eigenvalue weighted by Crippen LogP contribution is -2.24. The third-order valence-electron chi connectivity index (χ3n) is 4.94. The van der Waals surface area contributed by atoms with Gasteiger partial charge < -0.3 is 9.64 Å². The molecule has 8 heteroatoms. The van der Waals surface area contributed by atoms with E-state index in [0.717, 1.165) is 11.9 Å². The number of aryl methyl sites for hydroxylation is 1. The van der Waals surface area contributed by atoms with Crippen LogP contribution in [0.1, 0.15) is 40.5 Å². The van der Waals surface area contributed by atoms with Crippen LogP contribution < -0.4 is 4.90 Å². The number of benzene rings is 2. The van der Waals surface area contributed by atoms with Crippen LogP contribution in [0.2, 0.25) is 0 Å². The molecule has 1 aliphatic rings. The van der Waals surface area contributed by atoms with Crippen LogP contribution in [0.5, 0.6) is 0 Å². The first-order valence-electron chi connectivity index (χ1n) is 9.51. The van der Waals surface area contributed by atoms with Crippen LogP contribution >= 0.6 is 0 Å². The smallest absolute Gasteiger partial charge is 0.338 e. The number of Topliss-reactive ketones (excluding diaryl/α,β-unsaturated/α-hetero) is 1. The van der Waals surface area contributed by atoms with Crippen molar-refractivity contribution in [1.82, 2.24) is 15.0 Å². The van der Waals surface area contributed by atoms with Gasteiger partial charge in [-0.05, 0) is 43.7 Å². The summed E-state index contributed by atoms with van der Waals surface area (Å²) in [5.41, 5.74) is 2.82. The first-order valence-corrected chi connectivity index (χ1v) is 9.51. The number of aromatic nitrogens is 3. The summed E-state index contributed by atoms with van der Waals surface area (Å²) in [5, 5.41) is 8.04. The fraction of sp³-hybridized carbons (Fsp3) is 0.286. The second-order valence-corrected chi connectivity index (χ2v) is 6.81. The van der Waals surface area contributed by atoms with Gasteiger partial charge in [-0.25, -0.2) is 9.48 Å². The molecule has 3 aromatic rings. The van der Waals surface area contributed by atoms with E-state index < -0.39 is 5.97 Å². The standard InChI is InChI=1S/C21H20N4O4/c1-2-25-18-9-8-15(12-17(18)22-23-25)21(28)29-13-19(26)14-5-3-6-16(11-14)24-10-4-7-20(24)27/h3,5-6,8-9,11-12H,2,4,7,10,13H2,1H3. The van der Waals surface area contributed by atoms with E-state index in [0.29, 0.717) is 41.8 Å². The highest BCUT2D eigenvalue weighted by atomic mass is 16.5. The number of anilines is 1. The Hall–Kier alpha value is -3.55. The van der Waals surface area contributed by atoms with E-state index in [1.165, 1.54) is 0 Å². The fourth-order valence-electron chi connectivity index (χ4n) is 3.40. The van der Waals surface area contributed by atoms with Crippen LogP contribution in [0.4, 0.5) is 5.69 Å². The number of rotatable bonds is 6. The molecule has 1 fully saturated rings. The monoisotopic (exact) mass is 392 g/mol. The number of hydrogen-bond donors (Lipinski definition) is 0. The van der Waals surface area contributed by atoms with Gasteiger partial charge in [-0.3, -0.25) is 9.59 Å². The maximum absolute atomic E-state index is 12.5. The first kappa shape index (κ1) is 18.8.